The largest absolute Gasteiger partial charge is 0.399 e. The molecule has 0 radical (unpaired) electrons. The van der Waals surface area contributed by atoms with Crippen LogP contribution in [0.2, 0.25) is 0 Å². The number of aromatic nitrogens is 1. The molecule has 0 saturated carbocycles. The molecule has 0 aliphatic heterocycles. The molecule has 0 spiro atoms. The third-order valence-electron chi connectivity index (χ3n) is 1.91. The zero-order valence-corrected chi connectivity index (χ0v) is 6.87. The van der Waals surface area contributed by atoms with Gasteiger partial charge in [-0.1, -0.05) is 12.1 Å². The van der Waals surface area contributed by atoms with Crippen LogP contribution in [0.5, 0.6) is 0 Å². The second-order valence-electron chi connectivity index (χ2n) is 2.74. The van der Waals surface area contributed by atoms with E-state index in [9.17, 15) is 0 Å². The van der Waals surface area contributed by atoms with E-state index in [1.54, 1.807) is 6.07 Å². The summed E-state index contributed by atoms with van der Waals surface area (Å²) >= 11 is 0. The van der Waals surface area contributed by atoms with Crippen molar-refractivity contribution in [1.29, 1.82) is 0 Å². The van der Waals surface area contributed by atoms with Crippen molar-refractivity contribution in [3.05, 3.63) is 23.9 Å². The highest BCUT2D eigenvalue weighted by Gasteiger charge is 2.04. The molecule has 0 saturated heterocycles. The van der Waals surface area contributed by atoms with Gasteiger partial charge in [0.05, 0.1) is 5.69 Å². The Kier molecular flexibility index (Phi) is 1.50. The lowest BCUT2D eigenvalue weighted by atomic mass is 10.2. The molecule has 0 fully saturated rings. The van der Waals surface area contributed by atoms with E-state index >= 15 is 0 Å². The summed E-state index contributed by atoms with van der Waals surface area (Å²) in [5.74, 6) is 0. The van der Waals surface area contributed by atoms with Crippen molar-refractivity contribution in [3.63, 3.8) is 0 Å². The van der Waals surface area contributed by atoms with E-state index in [1.165, 1.54) is 0 Å². The monoisotopic (exact) mass is 162 g/mol. The molecule has 2 N–H and O–H groups in total. The van der Waals surface area contributed by atoms with Crippen molar-refractivity contribution in [2.24, 2.45) is 0 Å². The molecule has 0 aliphatic carbocycles. The summed E-state index contributed by atoms with van der Waals surface area (Å²) in [6, 6.07) is 5.60. The fraction of sp³-hybridized carbons (Fsp3) is 0.222. The van der Waals surface area contributed by atoms with E-state index in [2.05, 4.69) is 5.16 Å². The van der Waals surface area contributed by atoms with Gasteiger partial charge < -0.3 is 10.3 Å². The quantitative estimate of drug-likeness (QED) is 0.652. The van der Waals surface area contributed by atoms with E-state index in [-0.39, 0.29) is 0 Å². The summed E-state index contributed by atoms with van der Waals surface area (Å²) in [6.45, 7) is 2.05. The van der Waals surface area contributed by atoms with E-state index < -0.39 is 0 Å². The fourth-order valence-electron chi connectivity index (χ4n) is 1.26. The first-order valence-electron chi connectivity index (χ1n) is 3.95. The molecule has 0 unspecified atom stereocenters. The Morgan fingerprint density at radius 3 is 3.08 bits per heavy atom. The van der Waals surface area contributed by atoms with E-state index in [0.29, 0.717) is 5.69 Å². The van der Waals surface area contributed by atoms with Crippen molar-refractivity contribution in [3.8, 4) is 0 Å². The predicted molar refractivity (Wildman–Crippen MR) is 47.8 cm³/mol. The Morgan fingerprint density at radius 2 is 2.33 bits per heavy atom. The number of benzene rings is 1. The maximum Gasteiger partial charge on any atom is 0.169 e. The average Bonchev–Trinajstić information content (AvgIpc) is 2.46. The normalized spacial score (nSPS) is 10.8. The summed E-state index contributed by atoms with van der Waals surface area (Å²) in [5.41, 5.74) is 8.06. The van der Waals surface area contributed by atoms with Gasteiger partial charge in [0.1, 0.15) is 0 Å². The van der Waals surface area contributed by atoms with Crippen LogP contribution in [0.25, 0.3) is 11.0 Å². The van der Waals surface area contributed by atoms with Crippen molar-refractivity contribution in [2.45, 2.75) is 13.3 Å². The summed E-state index contributed by atoms with van der Waals surface area (Å²) in [7, 11) is 0. The van der Waals surface area contributed by atoms with Crippen LogP contribution in [-0.4, -0.2) is 5.16 Å². The number of rotatable bonds is 1. The molecule has 0 bridgehead atoms. The van der Waals surface area contributed by atoms with Gasteiger partial charge in [-0.25, -0.2) is 0 Å². The zero-order chi connectivity index (χ0) is 8.55. The minimum Gasteiger partial charge on any atom is -0.399 e. The summed E-state index contributed by atoms with van der Waals surface area (Å²) in [6.07, 6.45) is 0.886. The molecule has 62 valence electrons. The number of hydrogen-bond acceptors (Lipinski definition) is 3. The minimum atomic E-state index is 0.710. The van der Waals surface area contributed by atoms with Crippen LogP contribution < -0.4 is 5.73 Å². The second-order valence-corrected chi connectivity index (χ2v) is 2.74. The number of nitrogens with zero attached hydrogens (tertiary/aromatic N) is 1. The fourth-order valence-corrected chi connectivity index (χ4v) is 1.26. The van der Waals surface area contributed by atoms with Gasteiger partial charge in [-0.15, -0.1) is 0 Å². The van der Waals surface area contributed by atoms with Gasteiger partial charge in [0, 0.05) is 17.1 Å². The number of hydrogen-bond donors (Lipinski definition) is 1. The number of nitrogens with two attached hydrogens (primary N) is 1. The highest BCUT2D eigenvalue weighted by molar-refractivity contribution is 5.82. The standard InChI is InChI=1S/C9H10N2O/c1-2-8-7-4-3-6(10)5-9(7)12-11-8/h3-5H,2,10H2,1H3. The van der Waals surface area contributed by atoms with Gasteiger partial charge in [0.25, 0.3) is 0 Å². The Balaban J connectivity index is 2.73. The van der Waals surface area contributed by atoms with Crippen LogP contribution >= 0.6 is 0 Å². The number of anilines is 1. The van der Waals surface area contributed by atoms with Crippen molar-refractivity contribution in [1.82, 2.24) is 5.16 Å². The van der Waals surface area contributed by atoms with Crippen LogP contribution in [0.4, 0.5) is 5.69 Å². The second kappa shape index (κ2) is 2.52. The van der Waals surface area contributed by atoms with E-state index in [1.807, 2.05) is 19.1 Å². The molecule has 0 atom stereocenters. The Labute approximate surface area is 70.1 Å². The molecule has 3 heteroatoms. The molecule has 2 aromatic rings. The van der Waals surface area contributed by atoms with Gasteiger partial charge in [-0.3, -0.25) is 0 Å². The van der Waals surface area contributed by atoms with Crippen LogP contribution in [0.1, 0.15) is 12.6 Å². The topological polar surface area (TPSA) is 52.0 Å². The SMILES string of the molecule is CCc1noc2cc(N)ccc12. The number of fused-ring (bicyclic) bond motifs is 1. The molecule has 1 aromatic heterocycles. The molecule has 0 aliphatic rings. The van der Waals surface area contributed by atoms with Gasteiger partial charge in [0.2, 0.25) is 0 Å². The maximum atomic E-state index is 5.59. The first-order valence-corrected chi connectivity index (χ1v) is 3.95. The highest BCUT2D eigenvalue weighted by Crippen LogP contribution is 2.20. The first-order chi connectivity index (χ1) is 5.81. The third kappa shape index (κ3) is 0.942. The lowest BCUT2D eigenvalue weighted by Crippen LogP contribution is -1.83. The van der Waals surface area contributed by atoms with Crippen LogP contribution in [-0.2, 0) is 6.42 Å². The van der Waals surface area contributed by atoms with Crippen LogP contribution in [0, 0.1) is 0 Å². The number of aryl methyl sites for hydroxylation is 1. The van der Waals surface area contributed by atoms with Gasteiger partial charge >= 0.3 is 0 Å². The summed E-state index contributed by atoms with van der Waals surface area (Å²) in [5, 5.41) is 4.99. The Hall–Kier alpha value is -1.51. The van der Waals surface area contributed by atoms with Gasteiger partial charge in [-0.2, -0.15) is 0 Å². The predicted octanol–water partition coefficient (Wildman–Crippen LogP) is 1.97. The molecule has 0 amide bonds. The smallest absolute Gasteiger partial charge is 0.169 e. The Morgan fingerprint density at radius 1 is 1.50 bits per heavy atom. The highest BCUT2D eigenvalue weighted by atomic mass is 16.5. The van der Waals surface area contributed by atoms with Crippen molar-refractivity contribution in [2.75, 3.05) is 5.73 Å². The molecule has 1 heterocycles. The lowest BCUT2D eigenvalue weighted by Gasteiger charge is -1.90. The molecular weight excluding hydrogens is 152 g/mol. The first kappa shape index (κ1) is 7.16. The lowest BCUT2D eigenvalue weighted by molar-refractivity contribution is 0.447. The zero-order valence-electron chi connectivity index (χ0n) is 6.87. The molecular formula is C9H10N2O. The molecule has 3 nitrogen and oxygen atoms in total. The number of nitrogen functional groups attached to an aromatic ring is 1. The minimum absolute atomic E-state index is 0.710. The molecule has 2 rings (SSSR count). The van der Waals surface area contributed by atoms with Gasteiger partial charge in [0.15, 0.2) is 5.58 Å². The van der Waals surface area contributed by atoms with Crippen molar-refractivity contribution < 1.29 is 4.52 Å². The molecule has 12 heavy (non-hydrogen) atoms. The van der Waals surface area contributed by atoms with Crippen molar-refractivity contribution >= 4 is 16.7 Å². The molecule has 1 aromatic carbocycles. The average molecular weight is 162 g/mol. The third-order valence-corrected chi connectivity index (χ3v) is 1.91. The van der Waals surface area contributed by atoms with Crippen LogP contribution in [0.15, 0.2) is 22.7 Å². The van der Waals surface area contributed by atoms with E-state index in [4.69, 9.17) is 10.3 Å². The van der Waals surface area contributed by atoms with Gasteiger partial charge in [-0.05, 0) is 18.6 Å². The van der Waals surface area contributed by atoms with E-state index in [0.717, 1.165) is 23.1 Å². The summed E-state index contributed by atoms with van der Waals surface area (Å²) < 4.78 is 5.09. The maximum absolute atomic E-state index is 5.59. The van der Waals surface area contributed by atoms with Crippen LogP contribution in [0.3, 0.4) is 0 Å². The summed E-state index contributed by atoms with van der Waals surface area (Å²) in [4.78, 5) is 0. The Bertz CT molecular complexity index is 406.